The molecule has 1 saturated carbocycles. The minimum Gasteiger partial charge on any atom is -0.313 e. The lowest BCUT2D eigenvalue weighted by Gasteiger charge is -2.29. The average Bonchev–Trinajstić information content (AvgIpc) is 2.68. The summed E-state index contributed by atoms with van der Waals surface area (Å²) >= 11 is 1.87. The van der Waals surface area contributed by atoms with Gasteiger partial charge in [-0.15, -0.1) is 11.3 Å². The van der Waals surface area contributed by atoms with Crippen molar-refractivity contribution in [1.29, 1.82) is 0 Å². The van der Waals surface area contributed by atoms with Crippen molar-refractivity contribution in [3.05, 3.63) is 21.9 Å². The van der Waals surface area contributed by atoms with Crippen molar-refractivity contribution in [1.82, 2.24) is 5.32 Å². The van der Waals surface area contributed by atoms with Gasteiger partial charge in [0.25, 0.3) is 0 Å². The molecule has 1 nitrogen and oxygen atoms in total. The van der Waals surface area contributed by atoms with E-state index < -0.39 is 0 Å². The quantitative estimate of drug-likeness (QED) is 0.819. The highest BCUT2D eigenvalue weighted by Crippen LogP contribution is 2.35. The lowest BCUT2D eigenvalue weighted by molar-refractivity contribution is 0.282. The highest BCUT2D eigenvalue weighted by Gasteiger charge is 2.24. The number of hydrogen-bond donors (Lipinski definition) is 1. The molecule has 0 spiro atoms. The first-order valence-electron chi connectivity index (χ1n) is 6.03. The minimum atomic E-state index is 0.593. The molecule has 1 fully saturated rings. The van der Waals surface area contributed by atoms with Crippen molar-refractivity contribution in [3.63, 3.8) is 0 Å². The maximum Gasteiger partial charge on any atom is 0.0354 e. The third kappa shape index (κ3) is 2.61. The highest BCUT2D eigenvalue weighted by atomic mass is 32.1. The molecule has 0 aromatic carbocycles. The van der Waals surface area contributed by atoms with Crippen LogP contribution in [0.15, 0.2) is 11.4 Å². The largest absolute Gasteiger partial charge is 0.313 e. The Hall–Kier alpha value is -0.340. The van der Waals surface area contributed by atoms with Gasteiger partial charge >= 0.3 is 0 Å². The lowest BCUT2D eigenvalue weighted by atomic mass is 9.82. The summed E-state index contributed by atoms with van der Waals surface area (Å²) in [6, 6.07) is 2.94. The Morgan fingerprint density at radius 1 is 1.33 bits per heavy atom. The van der Waals surface area contributed by atoms with Gasteiger partial charge in [0.2, 0.25) is 0 Å². The van der Waals surface area contributed by atoms with E-state index in [0.717, 1.165) is 5.92 Å². The maximum absolute atomic E-state index is 3.51. The van der Waals surface area contributed by atoms with Crippen LogP contribution in [0, 0.1) is 12.8 Å². The fourth-order valence-corrected chi connectivity index (χ4v) is 3.51. The predicted octanol–water partition coefficient (Wildman–Crippen LogP) is 3.90. The Balaban J connectivity index is 2.08. The van der Waals surface area contributed by atoms with Crippen LogP contribution in [0.2, 0.25) is 0 Å². The van der Waals surface area contributed by atoms with E-state index in [4.69, 9.17) is 0 Å². The third-order valence-electron chi connectivity index (χ3n) is 3.54. The molecule has 0 saturated heterocycles. The number of hydrogen-bond acceptors (Lipinski definition) is 2. The van der Waals surface area contributed by atoms with Gasteiger partial charge < -0.3 is 5.32 Å². The maximum atomic E-state index is 3.51. The Labute approximate surface area is 96.9 Å². The van der Waals surface area contributed by atoms with Gasteiger partial charge in [0.15, 0.2) is 0 Å². The number of thiophene rings is 1. The summed E-state index contributed by atoms with van der Waals surface area (Å²) in [5.41, 5.74) is 1.51. The Morgan fingerprint density at radius 2 is 2.07 bits per heavy atom. The first kappa shape index (κ1) is 11.2. The van der Waals surface area contributed by atoms with Crippen molar-refractivity contribution >= 4 is 11.3 Å². The second-order valence-corrected chi connectivity index (χ2v) is 5.77. The standard InChI is InChI=1S/C13H21NS/c1-10-8-12(9-15-10)13(14-2)11-6-4-3-5-7-11/h8-9,11,13-14H,3-7H2,1-2H3. The molecule has 84 valence electrons. The fourth-order valence-electron chi connectivity index (χ4n) is 2.77. The van der Waals surface area contributed by atoms with Gasteiger partial charge in [-0.25, -0.2) is 0 Å². The van der Waals surface area contributed by atoms with Crippen molar-refractivity contribution in [2.45, 2.75) is 45.1 Å². The van der Waals surface area contributed by atoms with Crippen LogP contribution in [-0.2, 0) is 0 Å². The molecule has 1 atom stereocenters. The molecule has 1 unspecified atom stereocenters. The summed E-state index contributed by atoms with van der Waals surface area (Å²) in [4.78, 5) is 1.43. The molecular weight excluding hydrogens is 202 g/mol. The number of aryl methyl sites for hydroxylation is 1. The first-order valence-corrected chi connectivity index (χ1v) is 6.91. The molecular formula is C13H21NS. The Morgan fingerprint density at radius 3 is 2.60 bits per heavy atom. The van der Waals surface area contributed by atoms with Gasteiger partial charge in [-0.2, -0.15) is 0 Å². The van der Waals surface area contributed by atoms with E-state index in [1.807, 2.05) is 11.3 Å². The van der Waals surface area contributed by atoms with Crippen LogP contribution in [0.3, 0.4) is 0 Å². The second-order valence-electron chi connectivity index (χ2n) is 4.66. The van der Waals surface area contributed by atoms with E-state index in [1.165, 1.54) is 42.5 Å². The molecule has 1 aromatic rings. The van der Waals surface area contributed by atoms with Gasteiger partial charge in [0, 0.05) is 10.9 Å². The zero-order valence-electron chi connectivity index (χ0n) is 9.75. The van der Waals surface area contributed by atoms with Crippen molar-refractivity contribution < 1.29 is 0 Å². The van der Waals surface area contributed by atoms with Crippen molar-refractivity contribution in [2.75, 3.05) is 7.05 Å². The van der Waals surface area contributed by atoms with Crippen LogP contribution >= 0.6 is 11.3 Å². The van der Waals surface area contributed by atoms with E-state index in [2.05, 4.69) is 30.7 Å². The zero-order chi connectivity index (χ0) is 10.7. The van der Waals surface area contributed by atoms with Crippen LogP contribution < -0.4 is 5.32 Å². The number of nitrogens with one attached hydrogen (secondary N) is 1. The molecule has 0 aliphatic heterocycles. The Kier molecular flexibility index (Phi) is 3.81. The summed E-state index contributed by atoms with van der Waals surface area (Å²) in [5.74, 6) is 0.859. The SMILES string of the molecule is CNC(c1csc(C)c1)C1CCCCC1. The van der Waals surface area contributed by atoms with E-state index in [1.54, 1.807) is 0 Å². The molecule has 1 aliphatic carbocycles. The minimum absolute atomic E-state index is 0.593. The van der Waals surface area contributed by atoms with Gasteiger partial charge in [0.05, 0.1) is 0 Å². The lowest BCUT2D eigenvalue weighted by Crippen LogP contribution is -2.26. The molecule has 1 aromatic heterocycles. The summed E-state index contributed by atoms with van der Waals surface area (Å²) in [5, 5.41) is 5.83. The third-order valence-corrected chi connectivity index (χ3v) is 4.42. The highest BCUT2D eigenvalue weighted by molar-refractivity contribution is 7.10. The van der Waals surface area contributed by atoms with Gasteiger partial charge in [-0.3, -0.25) is 0 Å². The van der Waals surface area contributed by atoms with Gasteiger partial charge in [0.1, 0.15) is 0 Å². The van der Waals surface area contributed by atoms with Crippen LogP contribution in [0.4, 0.5) is 0 Å². The molecule has 0 amide bonds. The molecule has 1 heterocycles. The molecule has 1 aliphatic rings. The smallest absolute Gasteiger partial charge is 0.0354 e. The molecule has 0 radical (unpaired) electrons. The molecule has 2 heteroatoms. The Bertz CT molecular complexity index is 299. The van der Waals surface area contributed by atoms with Crippen LogP contribution in [0.5, 0.6) is 0 Å². The van der Waals surface area contributed by atoms with Crippen molar-refractivity contribution in [2.24, 2.45) is 5.92 Å². The van der Waals surface area contributed by atoms with Crippen molar-refractivity contribution in [3.8, 4) is 0 Å². The molecule has 15 heavy (non-hydrogen) atoms. The van der Waals surface area contributed by atoms with E-state index >= 15 is 0 Å². The fraction of sp³-hybridized carbons (Fsp3) is 0.692. The first-order chi connectivity index (χ1) is 7.31. The average molecular weight is 223 g/mol. The van der Waals surface area contributed by atoms with Crippen LogP contribution in [-0.4, -0.2) is 7.05 Å². The van der Waals surface area contributed by atoms with E-state index in [9.17, 15) is 0 Å². The topological polar surface area (TPSA) is 12.0 Å². The summed E-state index contributed by atoms with van der Waals surface area (Å²) in [6.45, 7) is 2.20. The number of rotatable bonds is 3. The van der Waals surface area contributed by atoms with Crippen LogP contribution in [0.25, 0.3) is 0 Å². The molecule has 0 bridgehead atoms. The summed E-state index contributed by atoms with van der Waals surface area (Å²) < 4.78 is 0. The summed E-state index contributed by atoms with van der Waals surface area (Å²) in [7, 11) is 2.10. The van der Waals surface area contributed by atoms with Crippen LogP contribution in [0.1, 0.15) is 48.6 Å². The molecule has 2 rings (SSSR count). The zero-order valence-corrected chi connectivity index (χ0v) is 10.6. The second kappa shape index (κ2) is 5.13. The molecule has 1 N–H and O–H groups in total. The van der Waals surface area contributed by atoms with E-state index in [-0.39, 0.29) is 0 Å². The predicted molar refractivity (Wildman–Crippen MR) is 67.4 cm³/mol. The summed E-state index contributed by atoms with van der Waals surface area (Å²) in [6.07, 6.45) is 7.09. The normalized spacial score (nSPS) is 20.4. The van der Waals surface area contributed by atoms with Gasteiger partial charge in [-0.05, 0) is 49.7 Å². The van der Waals surface area contributed by atoms with E-state index in [0.29, 0.717) is 6.04 Å². The van der Waals surface area contributed by atoms with Gasteiger partial charge in [-0.1, -0.05) is 19.3 Å². The monoisotopic (exact) mass is 223 g/mol.